The van der Waals surface area contributed by atoms with Crippen molar-refractivity contribution < 1.29 is 5.11 Å². The van der Waals surface area contributed by atoms with Gasteiger partial charge in [0.15, 0.2) is 5.96 Å². The van der Waals surface area contributed by atoms with Gasteiger partial charge in [0.2, 0.25) is 5.96 Å². The van der Waals surface area contributed by atoms with Crippen molar-refractivity contribution in [2.75, 3.05) is 0 Å². The highest BCUT2D eigenvalue weighted by Crippen LogP contribution is 2.22. The Hall–Kier alpha value is -2.24. The maximum atomic E-state index is 9.40. The highest BCUT2D eigenvalue weighted by Gasteiger charge is 1.97. The lowest BCUT2D eigenvalue weighted by molar-refractivity contribution is 0.471. The fourth-order valence-electron chi connectivity index (χ4n) is 0.957. The van der Waals surface area contributed by atoms with Gasteiger partial charge < -0.3 is 22.3 Å². The summed E-state index contributed by atoms with van der Waals surface area (Å²) in [6, 6.07) is 4.89. The van der Waals surface area contributed by atoms with Crippen LogP contribution < -0.4 is 17.2 Å². The highest BCUT2D eigenvalue weighted by atomic mass is 16.3. The molecule has 80 valence electrons. The standard InChI is InChI=1S/C9H13N5O/c1-5-2-3-6(4-7(5)15)13-9(12)14-8(10)11/h2-4,15H,1H3,(H6,10,11,12,13,14). The number of rotatable bonds is 1. The second kappa shape index (κ2) is 4.32. The molecule has 0 unspecified atom stereocenters. The SMILES string of the molecule is Cc1ccc(N=C(N)N=C(N)N)cc1O. The van der Waals surface area contributed by atoms with Gasteiger partial charge in [0.05, 0.1) is 5.69 Å². The van der Waals surface area contributed by atoms with Gasteiger partial charge in [0, 0.05) is 6.07 Å². The van der Waals surface area contributed by atoms with Crippen LogP contribution in [0.25, 0.3) is 0 Å². The Balaban J connectivity index is 2.99. The fourth-order valence-corrected chi connectivity index (χ4v) is 0.957. The zero-order valence-electron chi connectivity index (χ0n) is 8.31. The second-order valence-electron chi connectivity index (χ2n) is 2.98. The van der Waals surface area contributed by atoms with E-state index in [4.69, 9.17) is 17.2 Å². The van der Waals surface area contributed by atoms with Crippen LogP contribution in [-0.2, 0) is 0 Å². The first kappa shape index (κ1) is 10.8. The van der Waals surface area contributed by atoms with Crippen LogP contribution in [0.2, 0.25) is 0 Å². The normalized spacial score (nSPS) is 11.1. The Bertz CT molecular complexity index is 421. The molecule has 0 bridgehead atoms. The van der Waals surface area contributed by atoms with E-state index in [0.717, 1.165) is 5.56 Å². The molecule has 0 aliphatic rings. The Kier molecular flexibility index (Phi) is 3.12. The number of benzene rings is 1. The van der Waals surface area contributed by atoms with E-state index >= 15 is 0 Å². The molecule has 1 aromatic carbocycles. The van der Waals surface area contributed by atoms with E-state index in [1.807, 2.05) is 0 Å². The van der Waals surface area contributed by atoms with Crippen molar-refractivity contribution >= 4 is 17.6 Å². The van der Waals surface area contributed by atoms with Crippen LogP contribution in [0.3, 0.4) is 0 Å². The third kappa shape index (κ3) is 3.18. The molecule has 0 spiro atoms. The fraction of sp³-hybridized carbons (Fsp3) is 0.111. The van der Waals surface area contributed by atoms with Gasteiger partial charge in [-0.3, -0.25) is 0 Å². The maximum absolute atomic E-state index is 9.40. The van der Waals surface area contributed by atoms with E-state index in [1.54, 1.807) is 19.1 Å². The number of nitrogens with two attached hydrogens (primary N) is 3. The number of nitrogens with zero attached hydrogens (tertiary/aromatic N) is 2. The average molecular weight is 207 g/mol. The molecule has 6 heteroatoms. The van der Waals surface area contributed by atoms with Crippen LogP contribution in [0.4, 0.5) is 5.69 Å². The van der Waals surface area contributed by atoms with Crippen LogP contribution in [0.5, 0.6) is 5.75 Å². The van der Waals surface area contributed by atoms with Crippen LogP contribution in [-0.4, -0.2) is 17.0 Å². The summed E-state index contributed by atoms with van der Waals surface area (Å²) in [6.45, 7) is 1.78. The Morgan fingerprint density at radius 1 is 1.27 bits per heavy atom. The minimum Gasteiger partial charge on any atom is -0.508 e. The van der Waals surface area contributed by atoms with Crippen LogP contribution in [0.15, 0.2) is 28.2 Å². The molecule has 0 fully saturated rings. The molecular weight excluding hydrogens is 194 g/mol. The molecule has 1 rings (SSSR count). The van der Waals surface area contributed by atoms with Gasteiger partial charge in [0.1, 0.15) is 5.75 Å². The van der Waals surface area contributed by atoms with Crippen molar-refractivity contribution in [2.45, 2.75) is 6.92 Å². The minimum absolute atomic E-state index is 0.0572. The van der Waals surface area contributed by atoms with E-state index in [1.165, 1.54) is 6.07 Å². The van der Waals surface area contributed by atoms with Crippen molar-refractivity contribution in [1.82, 2.24) is 0 Å². The largest absolute Gasteiger partial charge is 0.508 e. The van der Waals surface area contributed by atoms with E-state index in [9.17, 15) is 5.11 Å². The van der Waals surface area contributed by atoms with Crippen LogP contribution in [0, 0.1) is 6.92 Å². The second-order valence-corrected chi connectivity index (χ2v) is 2.98. The maximum Gasteiger partial charge on any atom is 0.223 e. The molecule has 0 heterocycles. The topological polar surface area (TPSA) is 123 Å². The van der Waals surface area contributed by atoms with Gasteiger partial charge in [0.25, 0.3) is 0 Å². The van der Waals surface area contributed by atoms with Crippen molar-refractivity contribution in [2.24, 2.45) is 27.2 Å². The number of aliphatic imine (C=N–C) groups is 2. The number of phenols is 1. The first-order valence-corrected chi connectivity index (χ1v) is 4.22. The molecule has 0 aliphatic heterocycles. The third-order valence-electron chi connectivity index (χ3n) is 1.68. The summed E-state index contributed by atoms with van der Waals surface area (Å²) in [7, 11) is 0. The molecule has 0 atom stereocenters. The summed E-state index contributed by atoms with van der Waals surface area (Å²) < 4.78 is 0. The number of guanidine groups is 2. The summed E-state index contributed by atoms with van der Waals surface area (Å²) in [5.41, 5.74) is 16.9. The first-order chi connectivity index (χ1) is 6.99. The van der Waals surface area contributed by atoms with Gasteiger partial charge in [-0.25, -0.2) is 4.99 Å². The molecule has 15 heavy (non-hydrogen) atoms. The Morgan fingerprint density at radius 2 is 1.93 bits per heavy atom. The summed E-state index contributed by atoms with van der Waals surface area (Å²) in [6.07, 6.45) is 0. The monoisotopic (exact) mass is 207 g/mol. The van der Waals surface area contributed by atoms with Gasteiger partial charge in [-0.2, -0.15) is 4.99 Å². The van der Waals surface area contributed by atoms with Gasteiger partial charge in [-0.05, 0) is 18.6 Å². The summed E-state index contributed by atoms with van der Waals surface area (Å²) in [5.74, 6) is -0.0698. The molecule has 0 aliphatic carbocycles. The lowest BCUT2D eigenvalue weighted by atomic mass is 10.2. The van der Waals surface area contributed by atoms with Crippen molar-refractivity contribution in [3.63, 3.8) is 0 Å². The lowest BCUT2D eigenvalue weighted by Crippen LogP contribution is -2.26. The zero-order valence-corrected chi connectivity index (χ0v) is 8.31. The molecule has 0 aromatic heterocycles. The van der Waals surface area contributed by atoms with Gasteiger partial charge >= 0.3 is 0 Å². The van der Waals surface area contributed by atoms with Crippen LogP contribution >= 0.6 is 0 Å². The minimum atomic E-state index is -0.160. The smallest absolute Gasteiger partial charge is 0.223 e. The first-order valence-electron chi connectivity index (χ1n) is 4.22. The average Bonchev–Trinajstić information content (AvgIpc) is 2.10. The van der Waals surface area contributed by atoms with E-state index < -0.39 is 0 Å². The number of phenolic OH excluding ortho intramolecular Hbond substituents is 1. The molecular formula is C9H13N5O. The number of aryl methyl sites for hydroxylation is 1. The summed E-state index contributed by atoms with van der Waals surface area (Å²) >= 11 is 0. The molecule has 0 radical (unpaired) electrons. The van der Waals surface area contributed by atoms with E-state index in [0.29, 0.717) is 5.69 Å². The van der Waals surface area contributed by atoms with Gasteiger partial charge in [-0.1, -0.05) is 6.07 Å². The molecule has 6 nitrogen and oxygen atoms in total. The van der Waals surface area contributed by atoms with Crippen LogP contribution in [0.1, 0.15) is 5.56 Å². The van der Waals surface area contributed by atoms with Crippen molar-refractivity contribution in [3.05, 3.63) is 23.8 Å². The quantitative estimate of drug-likeness (QED) is 0.380. The predicted molar refractivity (Wildman–Crippen MR) is 59.9 cm³/mol. The molecule has 0 saturated carbocycles. The predicted octanol–water partition coefficient (Wildman–Crippen LogP) is -0.0798. The molecule has 7 N–H and O–H groups in total. The van der Waals surface area contributed by atoms with E-state index in [-0.39, 0.29) is 17.7 Å². The zero-order chi connectivity index (χ0) is 11.4. The third-order valence-corrected chi connectivity index (χ3v) is 1.68. The number of hydrogen-bond acceptors (Lipinski definition) is 2. The summed E-state index contributed by atoms with van der Waals surface area (Å²) in [4.78, 5) is 7.43. The van der Waals surface area contributed by atoms with Gasteiger partial charge in [-0.15, -0.1) is 0 Å². The van der Waals surface area contributed by atoms with Crippen molar-refractivity contribution in [3.8, 4) is 5.75 Å². The Morgan fingerprint density at radius 3 is 2.47 bits per heavy atom. The molecule has 0 saturated heterocycles. The summed E-state index contributed by atoms with van der Waals surface area (Å²) in [5, 5.41) is 9.40. The van der Waals surface area contributed by atoms with Crippen molar-refractivity contribution in [1.29, 1.82) is 0 Å². The highest BCUT2D eigenvalue weighted by molar-refractivity contribution is 5.93. The Labute approximate surface area is 87.1 Å². The molecule has 1 aromatic rings. The molecule has 0 amide bonds. The number of aromatic hydroxyl groups is 1. The number of hydrogen-bond donors (Lipinski definition) is 4. The van der Waals surface area contributed by atoms with E-state index in [2.05, 4.69) is 9.98 Å². The lowest BCUT2D eigenvalue weighted by Gasteiger charge is -2.00.